The molecule has 2 fully saturated rings. The second-order valence-corrected chi connectivity index (χ2v) is 7.04. The Hall–Kier alpha value is -0.930. The molecule has 1 N–H and O–H groups in total. The number of nitrogens with one attached hydrogen (secondary N) is 1. The van der Waals surface area contributed by atoms with E-state index in [1.54, 1.807) is 0 Å². The van der Waals surface area contributed by atoms with Crippen LogP contribution in [-0.2, 0) is 6.42 Å². The molecule has 2 nitrogen and oxygen atoms in total. The minimum atomic E-state index is 0.682. The van der Waals surface area contributed by atoms with E-state index in [0.717, 1.165) is 5.92 Å². The number of thiazole rings is 1. The standard InChI is InChI=1S/C16H20N2S/c1-2-8-17-13(3-1)9-11-4-7-14-15(10-11)19-16(18-14)12-5-6-12/h4,7,10,12-13,17H,1-3,5-6,8-9H2. The van der Waals surface area contributed by atoms with Crippen molar-refractivity contribution in [3.8, 4) is 0 Å². The number of fused-ring (bicyclic) bond motifs is 1. The van der Waals surface area contributed by atoms with E-state index in [0.29, 0.717) is 6.04 Å². The Morgan fingerprint density at radius 2 is 2.16 bits per heavy atom. The molecule has 0 bridgehead atoms. The molecule has 3 heteroatoms. The van der Waals surface area contributed by atoms with Gasteiger partial charge in [0.25, 0.3) is 0 Å². The molecular weight excluding hydrogens is 252 g/mol. The molecule has 2 aliphatic rings. The Balaban J connectivity index is 1.56. The van der Waals surface area contributed by atoms with Crippen LogP contribution in [0.3, 0.4) is 0 Å². The second kappa shape index (κ2) is 4.88. The van der Waals surface area contributed by atoms with Crippen molar-refractivity contribution >= 4 is 21.6 Å². The summed E-state index contributed by atoms with van der Waals surface area (Å²) in [6.07, 6.45) is 7.92. The minimum absolute atomic E-state index is 0.682. The highest BCUT2D eigenvalue weighted by Gasteiger charge is 2.27. The smallest absolute Gasteiger partial charge is 0.0969 e. The zero-order chi connectivity index (χ0) is 12.7. The molecule has 1 atom stereocenters. The summed E-state index contributed by atoms with van der Waals surface area (Å²) in [5.41, 5.74) is 2.67. The zero-order valence-corrected chi connectivity index (χ0v) is 12.0. The average molecular weight is 272 g/mol. The van der Waals surface area contributed by atoms with Crippen LogP contribution in [0.1, 0.15) is 48.6 Å². The predicted molar refractivity (Wildman–Crippen MR) is 80.9 cm³/mol. The fraction of sp³-hybridized carbons (Fsp3) is 0.562. The summed E-state index contributed by atoms with van der Waals surface area (Å²) >= 11 is 1.91. The van der Waals surface area contributed by atoms with Gasteiger partial charge in [-0.25, -0.2) is 4.98 Å². The van der Waals surface area contributed by atoms with Crippen LogP contribution in [0.4, 0.5) is 0 Å². The lowest BCUT2D eigenvalue weighted by Crippen LogP contribution is -2.35. The van der Waals surface area contributed by atoms with Crippen LogP contribution >= 0.6 is 11.3 Å². The maximum absolute atomic E-state index is 4.77. The number of hydrogen-bond acceptors (Lipinski definition) is 3. The fourth-order valence-corrected chi connectivity index (χ4v) is 4.20. The van der Waals surface area contributed by atoms with Gasteiger partial charge in [-0.1, -0.05) is 12.5 Å². The molecule has 1 saturated carbocycles. The van der Waals surface area contributed by atoms with Crippen LogP contribution in [0.25, 0.3) is 10.2 Å². The van der Waals surface area contributed by atoms with E-state index in [1.807, 2.05) is 11.3 Å². The van der Waals surface area contributed by atoms with Gasteiger partial charge in [0.2, 0.25) is 0 Å². The summed E-state index contributed by atoms with van der Waals surface area (Å²) in [5.74, 6) is 0.779. The monoisotopic (exact) mass is 272 g/mol. The molecule has 1 unspecified atom stereocenters. The van der Waals surface area contributed by atoms with E-state index < -0.39 is 0 Å². The van der Waals surface area contributed by atoms with Crippen LogP contribution in [0.2, 0.25) is 0 Å². The quantitative estimate of drug-likeness (QED) is 0.917. The van der Waals surface area contributed by atoms with Crippen molar-refractivity contribution in [2.24, 2.45) is 0 Å². The highest BCUT2D eigenvalue weighted by Crippen LogP contribution is 2.43. The number of aromatic nitrogens is 1. The van der Waals surface area contributed by atoms with E-state index in [2.05, 4.69) is 23.5 Å². The van der Waals surface area contributed by atoms with Crippen LogP contribution in [0.15, 0.2) is 18.2 Å². The predicted octanol–water partition coefficient (Wildman–Crippen LogP) is 3.86. The van der Waals surface area contributed by atoms with Crippen LogP contribution in [0, 0.1) is 0 Å². The second-order valence-electron chi connectivity index (χ2n) is 5.98. The highest BCUT2D eigenvalue weighted by atomic mass is 32.1. The van der Waals surface area contributed by atoms with E-state index >= 15 is 0 Å². The number of rotatable bonds is 3. The first-order valence-electron chi connectivity index (χ1n) is 7.51. The first-order chi connectivity index (χ1) is 9.38. The first-order valence-corrected chi connectivity index (χ1v) is 8.33. The molecule has 1 aromatic carbocycles. The van der Waals surface area contributed by atoms with E-state index in [9.17, 15) is 0 Å². The highest BCUT2D eigenvalue weighted by molar-refractivity contribution is 7.18. The summed E-state index contributed by atoms with van der Waals surface area (Å²) in [7, 11) is 0. The van der Waals surface area contributed by atoms with E-state index in [1.165, 1.54) is 65.9 Å². The van der Waals surface area contributed by atoms with Gasteiger partial charge in [-0.15, -0.1) is 11.3 Å². The van der Waals surface area contributed by atoms with Gasteiger partial charge >= 0.3 is 0 Å². The van der Waals surface area contributed by atoms with Crippen molar-refractivity contribution in [2.75, 3.05) is 6.54 Å². The molecule has 19 heavy (non-hydrogen) atoms. The maximum Gasteiger partial charge on any atom is 0.0969 e. The van der Waals surface area contributed by atoms with Gasteiger partial charge < -0.3 is 5.32 Å². The van der Waals surface area contributed by atoms with Gasteiger partial charge in [-0.3, -0.25) is 0 Å². The van der Waals surface area contributed by atoms with Crippen molar-refractivity contribution in [3.05, 3.63) is 28.8 Å². The van der Waals surface area contributed by atoms with Crippen molar-refractivity contribution in [3.63, 3.8) is 0 Å². The van der Waals surface area contributed by atoms with E-state index in [4.69, 9.17) is 4.98 Å². The van der Waals surface area contributed by atoms with Crippen LogP contribution in [-0.4, -0.2) is 17.6 Å². The lowest BCUT2D eigenvalue weighted by atomic mass is 9.98. The topological polar surface area (TPSA) is 24.9 Å². The number of benzene rings is 1. The third-order valence-corrected chi connectivity index (χ3v) is 5.47. The molecule has 1 aromatic heterocycles. The van der Waals surface area contributed by atoms with Crippen LogP contribution in [0.5, 0.6) is 0 Å². The normalized spacial score (nSPS) is 23.9. The Kier molecular flexibility index (Phi) is 3.04. The summed E-state index contributed by atoms with van der Waals surface area (Å²) in [5, 5.41) is 5.00. The lowest BCUT2D eigenvalue weighted by molar-refractivity contribution is 0.399. The molecule has 2 aromatic rings. The largest absolute Gasteiger partial charge is 0.314 e. The Bertz CT molecular complexity index is 579. The molecule has 0 radical (unpaired) electrons. The Morgan fingerprint density at radius 3 is 2.95 bits per heavy atom. The van der Waals surface area contributed by atoms with Crippen molar-refractivity contribution < 1.29 is 0 Å². The van der Waals surface area contributed by atoms with Crippen molar-refractivity contribution in [1.29, 1.82) is 0 Å². The van der Waals surface area contributed by atoms with E-state index in [-0.39, 0.29) is 0 Å². The summed E-state index contributed by atoms with van der Waals surface area (Å²) in [6.45, 7) is 1.19. The molecular formula is C16H20N2S. The minimum Gasteiger partial charge on any atom is -0.314 e. The molecule has 0 spiro atoms. The van der Waals surface area contributed by atoms with Gasteiger partial charge in [0.15, 0.2) is 0 Å². The van der Waals surface area contributed by atoms with Crippen molar-refractivity contribution in [2.45, 2.75) is 50.5 Å². The lowest BCUT2D eigenvalue weighted by Gasteiger charge is -2.23. The Labute approximate surface area is 118 Å². The number of nitrogens with zero attached hydrogens (tertiary/aromatic N) is 1. The maximum atomic E-state index is 4.77. The van der Waals surface area contributed by atoms with Gasteiger partial charge in [0, 0.05) is 12.0 Å². The molecule has 1 aliphatic heterocycles. The molecule has 1 saturated heterocycles. The molecule has 100 valence electrons. The third kappa shape index (κ3) is 2.54. The third-order valence-electron chi connectivity index (χ3n) is 4.29. The summed E-state index contributed by atoms with van der Waals surface area (Å²) in [4.78, 5) is 4.77. The van der Waals surface area contributed by atoms with Gasteiger partial charge in [0.1, 0.15) is 0 Å². The summed E-state index contributed by atoms with van der Waals surface area (Å²) in [6, 6.07) is 7.54. The molecule has 1 aliphatic carbocycles. The molecule has 2 heterocycles. The number of piperidine rings is 1. The fourth-order valence-electron chi connectivity index (χ4n) is 3.00. The van der Waals surface area contributed by atoms with Gasteiger partial charge in [-0.2, -0.15) is 0 Å². The first kappa shape index (κ1) is 11.9. The Morgan fingerprint density at radius 1 is 1.21 bits per heavy atom. The van der Waals surface area contributed by atoms with Gasteiger partial charge in [-0.05, 0) is 56.3 Å². The van der Waals surface area contributed by atoms with Gasteiger partial charge in [0.05, 0.1) is 15.2 Å². The number of hydrogen-bond donors (Lipinski definition) is 1. The molecule has 0 amide bonds. The average Bonchev–Trinajstić information content (AvgIpc) is 3.20. The zero-order valence-electron chi connectivity index (χ0n) is 11.2. The SMILES string of the molecule is c1cc2nc(C3CC3)sc2cc1CC1CCCCN1. The molecule has 4 rings (SSSR count). The van der Waals surface area contributed by atoms with Crippen LogP contribution < -0.4 is 5.32 Å². The summed E-state index contributed by atoms with van der Waals surface area (Å²) < 4.78 is 1.38. The van der Waals surface area contributed by atoms with Crippen molar-refractivity contribution in [1.82, 2.24) is 10.3 Å².